The van der Waals surface area contributed by atoms with Gasteiger partial charge in [0, 0.05) is 37.7 Å². The maximum Gasteiger partial charge on any atom is 0.314 e. The molecule has 162 valence electrons. The van der Waals surface area contributed by atoms with Crippen LogP contribution in [-0.2, 0) is 4.74 Å². The Kier molecular flexibility index (Phi) is 8.46. The van der Waals surface area contributed by atoms with Crippen molar-refractivity contribution in [2.75, 3.05) is 37.4 Å². The lowest BCUT2D eigenvalue weighted by Gasteiger charge is -2.22. The number of carbonyl (C=O) groups is 1. The minimum atomic E-state index is -0.393. The largest absolute Gasteiger partial charge is 0.381 e. The van der Waals surface area contributed by atoms with Gasteiger partial charge in [-0.1, -0.05) is 11.8 Å². The first-order valence-electron chi connectivity index (χ1n) is 9.38. The Morgan fingerprint density at radius 3 is 2.87 bits per heavy atom. The second kappa shape index (κ2) is 11.3. The van der Waals surface area contributed by atoms with Crippen molar-refractivity contribution in [1.82, 2.24) is 20.9 Å². The van der Waals surface area contributed by atoms with Gasteiger partial charge in [0.15, 0.2) is 16.6 Å². The average Bonchev–Trinajstić information content (AvgIpc) is 3.22. The molecular weight excluding hydrogens is 479 g/mol. The lowest BCUT2D eigenvalue weighted by atomic mass is 10.0. The highest BCUT2D eigenvalue weighted by Crippen LogP contribution is 2.22. The third-order valence-corrected chi connectivity index (χ3v) is 5.96. The fourth-order valence-electron chi connectivity index (χ4n) is 2.77. The standard InChI is InChI=1S/C18H22BrFN6O3S/c19-13-9-12(1-2-14(13)20)24-16(21)15-17(26-29-25-15)30-8-5-22-18(27)23-10-11-3-6-28-7-4-11/h1-2,9,11H,3-8,10H2,(H2,21,24)(H2,22,23,27). The van der Waals surface area contributed by atoms with E-state index in [2.05, 4.69) is 42.2 Å². The molecule has 1 aromatic heterocycles. The summed E-state index contributed by atoms with van der Waals surface area (Å²) < 4.78 is 23.7. The van der Waals surface area contributed by atoms with Gasteiger partial charge < -0.3 is 20.7 Å². The quantitative estimate of drug-likeness (QED) is 0.189. The lowest BCUT2D eigenvalue weighted by molar-refractivity contribution is 0.0669. The molecule has 2 heterocycles. The van der Waals surface area contributed by atoms with E-state index < -0.39 is 5.82 Å². The molecule has 0 atom stereocenters. The number of hydrogen-bond donors (Lipinski definition) is 4. The number of ether oxygens (including phenoxy) is 1. The molecule has 9 nitrogen and oxygen atoms in total. The van der Waals surface area contributed by atoms with E-state index in [0.29, 0.717) is 35.5 Å². The van der Waals surface area contributed by atoms with Crippen molar-refractivity contribution in [2.45, 2.75) is 17.9 Å². The summed E-state index contributed by atoms with van der Waals surface area (Å²) >= 11 is 4.42. The molecule has 4 N–H and O–H groups in total. The first-order valence-corrected chi connectivity index (χ1v) is 11.2. The fourth-order valence-corrected chi connectivity index (χ4v) is 3.91. The van der Waals surface area contributed by atoms with Crippen molar-refractivity contribution in [1.29, 1.82) is 5.41 Å². The Morgan fingerprint density at radius 1 is 1.30 bits per heavy atom. The van der Waals surface area contributed by atoms with Gasteiger partial charge >= 0.3 is 6.03 Å². The monoisotopic (exact) mass is 500 g/mol. The molecule has 12 heteroatoms. The van der Waals surface area contributed by atoms with Crippen LogP contribution in [0.3, 0.4) is 0 Å². The molecule has 2 aromatic rings. The smallest absolute Gasteiger partial charge is 0.314 e. The minimum Gasteiger partial charge on any atom is -0.381 e. The molecule has 1 fully saturated rings. The van der Waals surface area contributed by atoms with Crippen LogP contribution in [0.1, 0.15) is 18.5 Å². The van der Waals surface area contributed by atoms with Gasteiger partial charge in [-0.3, -0.25) is 5.41 Å². The number of amides is 2. The number of nitrogens with zero attached hydrogens (tertiary/aromatic N) is 2. The topological polar surface area (TPSA) is 125 Å². The fraction of sp³-hybridized carbons (Fsp3) is 0.444. The van der Waals surface area contributed by atoms with E-state index in [1.54, 1.807) is 0 Å². The third-order valence-electron chi connectivity index (χ3n) is 4.40. The highest BCUT2D eigenvalue weighted by molar-refractivity contribution is 9.10. The zero-order chi connectivity index (χ0) is 21.3. The Hall–Kier alpha value is -2.18. The number of anilines is 1. The Bertz CT molecular complexity index is 877. The number of urea groups is 1. The van der Waals surface area contributed by atoms with Crippen LogP contribution >= 0.6 is 27.7 Å². The van der Waals surface area contributed by atoms with E-state index >= 15 is 0 Å². The van der Waals surface area contributed by atoms with Crippen LogP contribution in [0.15, 0.2) is 32.3 Å². The van der Waals surface area contributed by atoms with Crippen molar-refractivity contribution >= 4 is 45.2 Å². The summed E-state index contributed by atoms with van der Waals surface area (Å²) in [6, 6.07) is 4.11. The van der Waals surface area contributed by atoms with Gasteiger partial charge in [-0.05, 0) is 63.2 Å². The minimum absolute atomic E-state index is 0.0283. The number of hydrogen-bond acceptors (Lipinski definition) is 7. The number of carbonyl (C=O) groups excluding carboxylic acids is 1. The van der Waals surface area contributed by atoms with Gasteiger partial charge in [-0.15, -0.1) is 0 Å². The van der Waals surface area contributed by atoms with E-state index in [-0.39, 0.29) is 22.0 Å². The SMILES string of the molecule is N=C(Nc1ccc(F)c(Br)c1)c1nonc1SCCNC(=O)NCC1CCOCC1. The number of thioether (sulfide) groups is 1. The van der Waals surface area contributed by atoms with E-state index in [9.17, 15) is 9.18 Å². The zero-order valence-corrected chi connectivity index (χ0v) is 18.4. The molecule has 1 aliphatic rings. The normalized spacial score (nSPS) is 14.3. The maximum atomic E-state index is 13.3. The second-order valence-corrected chi connectivity index (χ2v) is 8.53. The van der Waals surface area contributed by atoms with Crippen molar-refractivity contribution < 1.29 is 18.6 Å². The zero-order valence-electron chi connectivity index (χ0n) is 16.0. The molecule has 0 saturated carbocycles. The first-order chi connectivity index (χ1) is 14.5. The Morgan fingerprint density at radius 2 is 2.10 bits per heavy atom. The Labute approximate surface area is 185 Å². The number of amidine groups is 1. The van der Waals surface area contributed by atoms with Gasteiger partial charge in [0.05, 0.1) is 4.47 Å². The van der Waals surface area contributed by atoms with E-state index in [1.807, 2.05) is 0 Å². The van der Waals surface area contributed by atoms with Crippen LogP contribution in [0.5, 0.6) is 0 Å². The van der Waals surface area contributed by atoms with Gasteiger partial charge in [-0.25, -0.2) is 13.8 Å². The molecular formula is C18H22BrFN6O3S. The van der Waals surface area contributed by atoms with Gasteiger partial charge in [0.25, 0.3) is 0 Å². The predicted octanol–water partition coefficient (Wildman–Crippen LogP) is 3.23. The summed E-state index contributed by atoms with van der Waals surface area (Å²) in [6.07, 6.45) is 1.93. The van der Waals surface area contributed by atoms with Gasteiger partial charge in [-0.2, -0.15) is 0 Å². The molecule has 0 radical (unpaired) electrons. The van der Waals surface area contributed by atoms with Gasteiger partial charge in [0.2, 0.25) is 0 Å². The van der Waals surface area contributed by atoms with E-state index in [0.717, 1.165) is 26.1 Å². The van der Waals surface area contributed by atoms with Crippen LogP contribution in [0.25, 0.3) is 0 Å². The molecule has 0 aliphatic carbocycles. The molecule has 3 rings (SSSR count). The molecule has 1 aromatic carbocycles. The van der Waals surface area contributed by atoms with Crippen LogP contribution in [0.2, 0.25) is 0 Å². The second-order valence-electron chi connectivity index (χ2n) is 6.59. The number of aromatic nitrogens is 2. The molecule has 0 bridgehead atoms. The molecule has 0 unspecified atom stereocenters. The van der Waals surface area contributed by atoms with Crippen molar-refractivity contribution in [3.63, 3.8) is 0 Å². The average molecular weight is 501 g/mol. The summed E-state index contributed by atoms with van der Waals surface area (Å²) in [5.74, 6) is 0.569. The van der Waals surface area contributed by atoms with Crippen molar-refractivity contribution in [3.05, 3.63) is 34.2 Å². The van der Waals surface area contributed by atoms with Crippen LogP contribution in [0.4, 0.5) is 14.9 Å². The molecule has 1 saturated heterocycles. The lowest BCUT2D eigenvalue weighted by Crippen LogP contribution is -2.40. The highest BCUT2D eigenvalue weighted by atomic mass is 79.9. The van der Waals surface area contributed by atoms with Crippen molar-refractivity contribution in [3.8, 4) is 0 Å². The predicted molar refractivity (Wildman–Crippen MR) is 115 cm³/mol. The number of halogens is 2. The molecule has 30 heavy (non-hydrogen) atoms. The van der Waals surface area contributed by atoms with E-state index in [4.69, 9.17) is 14.8 Å². The molecule has 0 spiro atoms. The molecule has 1 aliphatic heterocycles. The van der Waals surface area contributed by atoms with Gasteiger partial charge in [0.1, 0.15) is 5.82 Å². The highest BCUT2D eigenvalue weighted by Gasteiger charge is 2.17. The first kappa shape index (κ1) is 22.5. The van der Waals surface area contributed by atoms with E-state index in [1.165, 1.54) is 30.0 Å². The third kappa shape index (κ3) is 6.67. The summed E-state index contributed by atoms with van der Waals surface area (Å²) in [7, 11) is 0. The Balaban J connectivity index is 1.40. The summed E-state index contributed by atoms with van der Waals surface area (Å²) in [6.45, 7) is 2.56. The number of rotatable bonds is 8. The summed E-state index contributed by atoms with van der Waals surface area (Å²) in [4.78, 5) is 11.9. The number of benzene rings is 1. The summed E-state index contributed by atoms with van der Waals surface area (Å²) in [5, 5.41) is 24.7. The van der Waals surface area contributed by atoms with Crippen LogP contribution in [-0.4, -0.2) is 54.2 Å². The maximum absolute atomic E-state index is 13.3. The van der Waals surface area contributed by atoms with Crippen LogP contribution < -0.4 is 16.0 Å². The summed E-state index contributed by atoms with van der Waals surface area (Å²) in [5.41, 5.74) is 0.763. The van der Waals surface area contributed by atoms with Crippen molar-refractivity contribution in [2.24, 2.45) is 5.92 Å². The van der Waals surface area contributed by atoms with Crippen LogP contribution in [0, 0.1) is 17.1 Å². The molecule has 2 amide bonds. The number of nitrogens with one attached hydrogen (secondary N) is 4.